The molecule has 1 heterocycles. The highest BCUT2D eigenvalue weighted by molar-refractivity contribution is 6.80. The second-order valence-electron chi connectivity index (χ2n) is 6.85. The Morgan fingerprint density at radius 1 is 0.900 bits per heavy atom. The second-order valence-corrected chi connectivity index (χ2v) is 11.8. The third-order valence-electron chi connectivity index (χ3n) is 5.03. The summed E-state index contributed by atoms with van der Waals surface area (Å²) in [6.07, 6.45) is 11.0. The van der Waals surface area contributed by atoms with Crippen LogP contribution in [0.3, 0.4) is 0 Å². The van der Waals surface area contributed by atoms with Gasteiger partial charge in [0.25, 0.3) is 0 Å². The Morgan fingerprint density at radius 3 is 1.85 bits per heavy atom. The van der Waals surface area contributed by atoms with Gasteiger partial charge in [0.2, 0.25) is 0 Å². The lowest BCUT2D eigenvalue weighted by Crippen LogP contribution is -2.33. The third kappa shape index (κ3) is 5.63. The summed E-state index contributed by atoms with van der Waals surface area (Å²) >= 11 is 0. The molecule has 0 amide bonds. The van der Waals surface area contributed by atoms with Crippen LogP contribution in [0.15, 0.2) is 11.8 Å². The van der Waals surface area contributed by atoms with Crippen LogP contribution >= 0.6 is 0 Å². The van der Waals surface area contributed by atoms with Crippen LogP contribution in [0.1, 0.15) is 66.2 Å². The fourth-order valence-electron chi connectivity index (χ4n) is 4.01. The summed E-state index contributed by atoms with van der Waals surface area (Å²) in [5.74, 6) is 0. The van der Waals surface area contributed by atoms with Gasteiger partial charge in [0.05, 0.1) is 8.07 Å². The highest BCUT2D eigenvalue weighted by Crippen LogP contribution is 2.31. The summed E-state index contributed by atoms with van der Waals surface area (Å²) in [6, 6.07) is 6.06. The van der Waals surface area contributed by atoms with Crippen LogP contribution in [-0.2, 0) is 0 Å². The molecule has 1 aliphatic rings. The van der Waals surface area contributed by atoms with E-state index in [-0.39, 0.29) is 0 Å². The number of piperidine rings is 1. The molecular formula is C18H37NSi. The normalized spacial score (nSPS) is 17.6. The maximum Gasteiger partial charge on any atom is 0.0573 e. The van der Waals surface area contributed by atoms with Gasteiger partial charge in [-0.2, -0.15) is 0 Å². The van der Waals surface area contributed by atoms with Crippen molar-refractivity contribution in [3.8, 4) is 0 Å². The van der Waals surface area contributed by atoms with Crippen LogP contribution in [-0.4, -0.2) is 26.1 Å². The maximum atomic E-state index is 2.63. The smallest absolute Gasteiger partial charge is 0.0573 e. The van der Waals surface area contributed by atoms with E-state index in [0.717, 1.165) is 0 Å². The quantitative estimate of drug-likeness (QED) is 0.468. The lowest BCUT2D eigenvalue weighted by atomic mass is 10.1. The van der Waals surface area contributed by atoms with E-state index >= 15 is 0 Å². The number of rotatable bonds is 9. The Morgan fingerprint density at radius 2 is 1.40 bits per heavy atom. The highest BCUT2D eigenvalue weighted by Gasteiger charge is 2.28. The molecule has 20 heavy (non-hydrogen) atoms. The minimum atomic E-state index is -1.02. The summed E-state index contributed by atoms with van der Waals surface area (Å²) in [5.41, 5.74) is 1.57. The molecule has 1 aliphatic heterocycles. The van der Waals surface area contributed by atoms with Crippen molar-refractivity contribution in [2.75, 3.05) is 13.1 Å². The molecule has 1 nitrogen and oxygen atoms in total. The number of allylic oxidation sites excluding steroid dienone is 2. The lowest BCUT2D eigenvalue weighted by molar-refractivity contribution is 0.285. The summed E-state index contributed by atoms with van der Waals surface area (Å²) in [5, 5.41) is 0. The first-order chi connectivity index (χ1) is 9.67. The van der Waals surface area contributed by atoms with Crippen LogP contribution in [0, 0.1) is 0 Å². The number of hydrogen-bond acceptors (Lipinski definition) is 1. The van der Waals surface area contributed by atoms with E-state index in [0.29, 0.717) is 0 Å². The fraction of sp³-hybridized carbons (Fsp3) is 0.889. The largest absolute Gasteiger partial charge is 0.375 e. The fourth-order valence-corrected chi connectivity index (χ4v) is 9.28. The topological polar surface area (TPSA) is 3.24 Å². The SMILES string of the molecule is CCC[Si](C/C=C(/C)N1CCCCC1)(CCC)CCC. The highest BCUT2D eigenvalue weighted by atomic mass is 28.3. The van der Waals surface area contributed by atoms with E-state index in [9.17, 15) is 0 Å². The molecule has 0 atom stereocenters. The summed E-state index contributed by atoms with van der Waals surface area (Å²) in [4.78, 5) is 2.63. The molecule has 0 bridgehead atoms. The average molecular weight is 296 g/mol. The van der Waals surface area contributed by atoms with E-state index < -0.39 is 8.07 Å². The van der Waals surface area contributed by atoms with Gasteiger partial charge in [0.1, 0.15) is 0 Å². The van der Waals surface area contributed by atoms with Crippen molar-refractivity contribution in [1.82, 2.24) is 4.90 Å². The van der Waals surface area contributed by atoms with E-state index in [1.54, 1.807) is 23.8 Å². The molecule has 0 radical (unpaired) electrons. The van der Waals surface area contributed by atoms with Crippen LogP contribution in [0.2, 0.25) is 24.2 Å². The van der Waals surface area contributed by atoms with Crippen molar-refractivity contribution in [1.29, 1.82) is 0 Å². The Labute approximate surface area is 128 Å². The standard InChI is InChI=1S/C18H37NSi/c1-5-14-20(15-6-2,16-7-3)17-11-18(4)19-12-9-8-10-13-19/h11H,5-10,12-17H2,1-4H3/b18-11-. The maximum absolute atomic E-state index is 2.63. The van der Waals surface area contributed by atoms with Crippen LogP contribution in [0.25, 0.3) is 0 Å². The summed E-state index contributed by atoms with van der Waals surface area (Å²) in [7, 11) is -1.02. The average Bonchev–Trinajstić information content (AvgIpc) is 2.46. The molecule has 118 valence electrons. The van der Waals surface area contributed by atoms with E-state index in [2.05, 4.69) is 38.7 Å². The van der Waals surface area contributed by atoms with Crippen molar-refractivity contribution in [2.24, 2.45) is 0 Å². The lowest BCUT2D eigenvalue weighted by Gasteiger charge is -2.33. The van der Waals surface area contributed by atoms with Gasteiger partial charge in [-0.25, -0.2) is 0 Å². The predicted octanol–water partition coefficient (Wildman–Crippen LogP) is 6.05. The van der Waals surface area contributed by atoms with Crippen LogP contribution in [0.4, 0.5) is 0 Å². The Kier molecular flexibility index (Phi) is 8.59. The van der Waals surface area contributed by atoms with Crippen molar-refractivity contribution in [3.63, 3.8) is 0 Å². The molecule has 1 fully saturated rings. The zero-order valence-electron chi connectivity index (χ0n) is 14.5. The molecule has 0 N–H and O–H groups in total. The Bertz CT molecular complexity index is 262. The number of hydrogen-bond donors (Lipinski definition) is 0. The van der Waals surface area contributed by atoms with Gasteiger partial charge >= 0.3 is 0 Å². The zero-order chi connectivity index (χ0) is 14.8. The molecule has 0 aliphatic carbocycles. The summed E-state index contributed by atoms with van der Waals surface area (Å²) in [6.45, 7) is 12.1. The predicted molar refractivity (Wildman–Crippen MR) is 95.0 cm³/mol. The van der Waals surface area contributed by atoms with Gasteiger partial charge in [-0.3, -0.25) is 0 Å². The first-order valence-corrected chi connectivity index (χ1v) is 11.9. The molecule has 0 aromatic carbocycles. The molecule has 2 heteroatoms. The Balaban J connectivity index is 2.66. The Hall–Kier alpha value is -0.243. The molecule has 1 rings (SSSR count). The van der Waals surface area contributed by atoms with E-state index in [1.165, 1.54) is 57.7 Å². The van der Waals surface area contributed by atoms with E-state index in [1.807, 2.05) is 0 Å². The van der Waals surface area contributed by atoms with Crippen molar-refractivity contribution < 1.29 is 0 Å². The first-order valence-electron chi connectivity index (χ1n) is 9.09. The molecular weight excluding hydrogens is 258 g/mol. The zero-order valence-corrected chi connectivity index (χ0v) is 15.5. The molecule has 0 aromatic rings. The van der Waals surface area contributed by atoms with Gasteiger partial charge in [0.15, 0.2) is 0 Å². The first kappa shape index (κ1) is 17.8. The minimum absolute atomic E-state index is 1.02. The van der Waals surface area contributed by atoms with Gasteiger partial charge < -0.3 is 4.90 Å². The van der Waals surface area contributed by atoms with Crippen molar-refractivity contribution in [2.45, 2.75) is 90.4 Å². The van der Waals surface area contributed by atoms with Crippen molar-refractivity contribution in [3.05, 3.63) is 11.8 Å². The van der Waals surface area contributed by atoms with Gasteiger partial charge in [-0.15, -0.1) is 0 Å². The summed E-state index contributed by atoms with van der Waals surface area (Å²) < 4.78 is 0. The van der Waals surface area contributed by atoms with Crippen LogP contribution in [0.5, 0.6) is 0 Å². The molecule has 1 saturated heterocycles. The van der Waals surface area contributed by atoms with Gasteiger partial charge in [0, 0.05) is 18.8 Å². The molecule has 0 unspecified atom stereocenters. The second kappa shape index (κ2) is 9.65. The van der Waals surface area contributed by atoms with Crippen LogP contribution < -0.4 is 0 Å². The molecule has 0 aromatic heterocycles. The number of nitrogens with zero attached hydrogens (tertiary/aromatic N) is 1. The molecule has 0 spiro atoms. The van der Waals surface area contributed by atoms with E-state index in [4.69, 9.17) is 0 Å². The minimum Gasteiger partial charge on any atom is -0.375 e. The van der Waals surface area contributed by atoms with Crippen molar-refractivity contribution >= 4 is 8.07 Å². The number of likely N-dealkylation sites (tertiary alicyclic amines) is 1. The monoisotopic (exact) mass is 295 g/mol. The van der Waals surface area contributed by atoms with Gasteiger partial charge in [-0.05, 0) is 32.2 Å². The molecule has 0 saturated carbocycles. The third-order valence-corrected chi connectivity index (χ3v) is 10.8. The van der Waals surface area contributed by atoms with Gasteiger partial charge in [-0.1, -0.05) is 64.2 Å².